The molecule has 0 aliphatic carbocycles. The van der Waals surface area contributed by atoms with Gasteiger partial charge in [-0.3, -0.25) is 4.79 Å². The van der Waals surface area contributed by atoms with Gasteiger partial charge in [-0.05, 0) is 31.2 Å². The molecular formula is C10H11ClFNO. The predicted octanol–water partition coefficient (Wildman–Crippen LogP) is 2.32. The molecule has 0 fully saturated rings. The van der Waals surface area contributed by atoms with Crippen LogP contribution in [0.2, 0.25) is 5.02 Å². The average Bonchev–Trinajstić information content (AvgIpc) is 2.13. The molecule has 0 radical (unpaired) electrons. The summed E-state index contributed by atoms with van der Waals surface area (Å²) < 4.78 is 13.1. The maximum absolute atomic E-state index is 13.1. The topological polar surface area (TPSA) is 43.1 Å². The van der Waals surface area contributed by atoms with E-state index >= 15 is 0 Å². The molecule has 0 aromatic heterocycles. The van der Waals surface area contributed by atoms with Crippen LogP contribution in [-0.2, 0) is 0 Å². The number of halogens is 2. The van der Waals surface area contributed by atoms with Crippen LogP contribution in [-0.4, -0.2) is 12.3 Å². The minimum atomic E-state index is -0.476. The van der Waals surface area contributed by atoms with Crippen molar-refractivity contribution < 1.29 is 9.18 Å². The molecule has 0 heterocycles. The van der Waals surface area contributed by atoms with Crippen LogP contribution in [0, 0.1) is 12.7 Å². The van der Waals surface area contributed by atoms with E-state index in [0.717, 1.165) is 0 Å². The number of hydrogen-bond donors (Lipinski definition) is 1. The highest BCUT2D eigenvalue weighted by molar-refractivity contribution is 6.31. The molecule has 2 nitrogen and oxygen atoms in total. The lowest BCUT2D eigenvalue weighted by atomic mass is 10.1. The summed E-state index contributed by atoms with van der Waals surface area (Å²) >= 11 is 5.60. The third-order valence-corrected chi connectivity index (χ3v) is 2.18. The van der Waals surface area contributed by atoms with Gasteiger partial charge in [0.2, 0.25) is 0 Å². The van der Waals surface area contributed by atoms with Crippen molar-refractivity contribution in [1.82, 2.24) is 0 Å². The Hall–Kier alpha value is -0.930. The third kappa shape index (κ3) is 2.30. The van der Waals surface area contributed by atoms with Gasteiger partial charge in [0.15, 0.2) is 5.78 Å². The lowest BCUT2D eigenvalue weighted by Gasteiger charge is -2.03. The molecule has 0 saturated heterocycles. The molecule has 0 atom stereocenters. The van der Waals surface area contributed by atoms with Crippen molar-refractivity contribution >= 4 is 17.4 Å². The van der Waals surface area contributed by atoms with Crippen LogP contribution in [0.1, 0.15) is 22.3 Å². The van der Waals surface area contributed by atoms with E-state index in [1.165, 1.54) is 12.1 Å². The van der Waals surface area contributed by atoms with Crippen molar-refractivity contribution in [2.24, 2.45) is 5.73 Å². The Balaban J connectivity index is 3.06. The molecule has 0 bridgehead atoms. The molecule has 0 spiro atoms. The van der Waals surface area contributed by atoms with Crippen LogP contribution in [0.25, 0.3) is 0 Å². The monoisotopic (exact) mass is 215 g/mol. The zero-order chi connectivity index (χ0) is 10.7. The highest BCUT2D eigenvalue weighted by Gasteiger charge is 2.10. The number of hydrogen-bond acceptors (Lipinski definition) is 2. The summed E-state index contributed by atoms with van der Waals surface area (Å²) in [5.74, 6) is -0.589. The van der Waals surface area contributed by atoms with Gasteiger partial charge < -0.3 is 5.73 Å². The number of benzene rings is 1. The lowest BCUT2D eigenvalue weighted by molar-refractivity contribution is 0.0985. The molecule has 2 N–H and O–H groups in total. The Bertz CT molecular complexity index is 342. The van der Waals surface area contributed by atoms with Gasteiger partial charge in [0, 0.05) is 12.0 Å². The number of carbonyl (C=O) groups excluding carboxylic acids is 1. The minimum absolute atomic E-state index is 0.0228. The van der Waals surface area contributed by atoms with E-state index in [9.17, 15) is 9.18 Å². The maximum atomic E-state index is 13.1. The Morgan fingerprint density at radius 1 is 1.57 bits per heavy atom. The largest absolute Gasteiger partial charge is 0.330 e. The van der Waals surface area contributed by atoms with Gasteiger partial charge in [-0.25, -0.2) is 4.39 Å². The fourth-order valence-corrected chi connectivity index (χ4v) is 1.43. The molecule has 0 aliphatic heterocycles. The predicted molar refractivity (Wildman–Crippen MR) is 54.1 cm³/mol. The number of ketones is 1. The molecule has 1 aromatic carbocycles. The van der Waals surface area contributed by atoms with Crippen LogP contribution in [0.3, 0.4) is 0 Å². The molecule has 0 amide bonds. The standard InChI is InChI=1S/C10H11ClFNO/c1-6-4-7(9(14)2-3-13)5-8(11)10(6)12/h4-5H,2-3,13H2,1H3. The Morgan fingerprint density at radius 2 is 2.21 bits per heavy atom. The zero-order valence-corrected chi connectivity index (χ0v) is 8.57. The quantitative estimate of drug-likeness (QED) is 0.787. The van der Waals surface area contributed by atoms with Crippen molar-refractivity contribution in [3.63, 3.8) is 0 Å². The van der Waals surface area contributed by atoms with Crippen LogP contribution in [0.5, 0.6) is 0 Å². The minimum Gasteiger partial charge on any atom is -0.330 e. The normalized spacial score (nSPS) is 10.3. The van der Waals surface area contributed by atoms with Crippen molar-refractivity contribution in [2.75, 3.05) is 6.54 Å². The van der Waals surface area contributed by atoms with Crippen molar-refractivity contribution in [2.45, 2.75) is 13.3 Å². The van der Waals surface area contributed by atoms with Gasteiger partial charge in [-0.1, -0.05) is 11.6 Å². The second-order valence-electron chi connectivity index (χ2n) is 3.05. The number of aryl methyl sites for hydroxylation is 1. The molecule has 1 aromatic rings. The Kier molecular flexibility index (Phi) is 3.61. The first kappa shape index (κ1) is 11.1. The first-order valence-corrected chi connectivity index (χ1v) is 4.63. The fraction of sp³-hybridized carbons (Fsp3) is 0.300. The smallest absolute Gasteiger partial charge is 0.164 e. The summed E-state index contributed by atoms with van der Waals surface area (Å²) in [5.41, 5.74) is 6.03. The van der Waals surface area contributed by atoms with Gasteiger partial charge in [0.1, 0.15) is 5.82 Å². The van der Waals surface area contributed by atoms with E-state index < -0.39 is 5.82 Å². The van der Waals surface area contributed by atoms with Crippen molar-refractivity contribution in [1.29, 1.82) is 0 Å². The third-order valence-electron chi connectivity index (χ3n) is 1.90. The number of carbonyl (C=O) groups is 1. The van der Waals surface area contributed by atoms with Gasteiger partial charge in [0.25, 0.3) is 0 Å². The molecule has 0 unspecified atom stereocenters. The number of Topliss-reactive ketones (excluding diaryl/α,β-unsaturated/α-hetero) is 1. The summed E-state index contributed by atoms with van der Waals surface area (Å²) in [6.45, 7) is 1.85. The number of nitrogens with two attached hydrogens (primary N) is 1. The fourth-order valence-electron chi connectivity index (χ4n) is 1.16. The zero-order valence-electron chi connectivity index (χ0n) is 7.81. The molecule has 14 heavy (non-hydrogen) atoms. The van der Waals surface area contributed by atoms with Crippen molar-refractivity contribution in [3.05, 3.63) is 34.1 Å². The molecule has 76 valence electrons. The van der Waals surface area contributed by atoms with Crippen LogP contribution in [0.4, 0.5) is 4.39 Å². The summed E-state index contributed by atoms with van der Waals surface area (Å²) in [6, 6.07) is 2.82. The van der Waals surface area contributed by atoms with Gasteiger partial charge in [0.05, 0.1) is 5.02 Å². The number of rotatable bonds is 3. The molecular weight excluding hydrogens is 205 g/mol. The first-order valence-electron chi connectivity index (χ1n) is 4.25. The van der Waals surface area contributed by atoms with E-state index in [2.05, 4.69) is 0 Å². The molecule has 1 rings (SSSR count). The van der Waals surface area contributed by atoms with Crippen LogP contribution >= 0.6 is 11.6 Å². The van der Waals surface area contributed by atoms with E-state index in [-0.39, 0.29) is 23.8 Å². The first-order chi connectivity index (χ1) is 6.56. The Morgan fingerprint density at radius 3 is 2.71 bits per heavy atom. The van der Waals surface area contributed by atoms with Gasteiger partial charge in [-0.15, -0.1) is 0 Å². The van der Waals surface area contributed by atoms with Crippen molar-refractivity contribution in [3.8, 4) is 0 Å². The van der Waals surface area contributed by atoms with E-state index in [0.29, 0.717) is 11.1 Å². The van der Waals surface area contributed by atoms with E-state index in [1.54, 1.807) is 6.92 Å². The summed E-state index contributed by atoms with van der Waals surface area (Å²) in [6.07, 6.45) is 0.251. The maximum Gasteiger partial charge on any atom is 0.164 e. The average molecular weight is 216 g/mol. The van der Waals surface area contributed by atoms with Gasteiger partial charge >= 0.3 is 0 Å². The molecule has 0 saturated carbocycles. The van der Waals surface area contributed by atoms with Crippen LogP contribution in [0.15, 0.2) is 12.1 Å². The molecule has 0 aliphatic rings. The SMILES string of the molecule is Cc1cc(C(=O)CCN)cc(Cl)c1F. The highest BCUT2D eigenvalue weighted by atomic mass is 35.5. The summed E-state index contributed by atoms with van der Waals surface area (Å²) in [4.78, 5) is 11.4. The van der Waals surface area contributed by atoms with Gasteiger partial charge in [-0.2, -0.15) is 0 Å². The second kappa shape index (κ2) is 4.53. The van der Waals surface area contributed by atoms with E-state index in [4.69, 9.17) is 17.3 Å². The summed E-state index contributed by atoms with van der Waals surface area (Å²) in [5, 5.41) is -0.0228. The van der Waals surface area contributed by atoms with E-state index in [1.807, 2.05) is 0 Å². The molecule has 4 heteroatoms. The lowest BCUT2D eigenvalue weighted by Crippen LogP contribution is -2.08. The van der Waals surface area contributed by atoms with Crippen LogP contribution < -0.4 is 5.73 Å². The summed E-state index contributed by atoms with van der Waals surface area (Å²) in [7, 11) is 0. The highest BCUT2D eigenvalue weighted by Crippen LogP contribution is 2.20. The second-order valence-corrected chi connectivity index (χ2v) is 3.46. The Labute approximate surface area is 86.9 Å².